The molecule has 6 heteroatoms. The van der Waals surface area contributed by atoms with Crippen LogP contribution in [0.2, 0.25) is 18.1 Å². The molecule has 0 unspecified atom stereocenters. The Balaban J connectivity index is 2.31. The first-order chi connectivity index (χ1) is 11.2. The highest BCUT2D eigenvalue weighted by Gasteiger charge is 2.56. The Morgan fingerprint density at radius 3 is 2.16 bits per heavy atom. The summed E-state index contributed by atoms with van der Waals surface area (Å²) < 4.78 is 26.0. The van der Waals surface area contributed by atoms with Gasteiger partial charge in [-0.25, -0.2) is 0 Å². The summed E-state index contributed by atoms with van der Waals surface area (Å²) in [7, 11) is -1.95. The Bertz CT molecular complexity index is 473. The van der Waals surface area contributed by atoms with E-state index in [1.54, 1.807) is 11.8 Å². The quantitative estimate of drug-likeness (QED) is 0.643. The van der Waals surface area contributed by atoms with E-state index in [1.165, 1.54) is 0 Å². The van der Waals surface area contributed by atoms with Crippen molar-refractivity contribution in [3.8, 4) is 0 Å². The van der Waals surface area contributed by atoms with Crippen molar-refractivity contribution in [1.82, 2.24) is 0 Å². The molecule has 2 heterocycles. The van der Waals surface area contributed by atoms with Crippen LogP contribution in [0.3, 0.4) is 0 Å². The smallest absolute Gasteiger partial charge is 0.192 e. The fraction of sp³-hybridized carbons (Fsp3) is 1.00. The molecule has 4 nitrogen and oxygen atoms in total. The van der Waals surface area contributed by atoms with Gasteiger partial charge in [0.1, 0.15) is 23.7 Å². The maximum atomic E-state index is 6.83. The van der Waals surface area contributed by atoms with Crippen LogP contribution in [0.4, 0.5) is 0 Å². The maximum absolute atomic E-state index is 6.83. The lowest BCUT2D eigenvalue weighted by Gasteiger charge is -2.56. The first kappa shape index (κ1) is 21.7. The third-order valence-corrected chi connectivity index (χ3v) is 11.8. The molecule has 0 radical (unpaired) electrons. The molecule has 0 spiro atoms. The highest BCUT2D eigenvalue weighted by atomic mass is 32.2. The molecule has 0 N–H and O–H groups in total. The molecule has 4 atom stereocenters. The molecule has 0 bridgehead atoms. The first-order valence-electron chi connectivity index (χ1n) is 9.48. The number of hydrogen-bond donors (Lipinski definition) is 0. The van der Waals surface area contributed by atoms with Crippen molar-refractivity contribution in [3.05, 3.63) is 0 Å². The molecule has 0 aromatic rings. The van der Waals surface area contributed by atoms with Crippen molar-refractivity contribution in [3.63, 3.8) is 0 Å². The first-order valence-corrected chi connectivity index (χ1v) is 13.4. The van der Waals surface area contributed by atoms with Gasteiger partial charge in [-0.3, -0.25) is 0 Å². The van der Waals surface area contributed by atoms with Gasteiger partial charge in [-0.15, -0.1) is 11.8 Å². The van der Waals surface area contributed by atoms with Crippen LogP contribution in [0.1, 0.15) is 55.4 Å². The van der Waals surface area contributed by atoms with Gasteiger partial charge >= 0.3 is 0 Å². The van der Waals surface area contributed by atoms with E-state index in [0.717, 1.165) is 5.75 Å². The summed E-state index contributed by atoms with van der Waals surface area (Å²) >= 11 is 1.81. The largest absolute Gasteiger partial charge is 0.408 e. The normalized spacial score (nSPS) is 35.3. The van der Waals surface area contributed by atoms with E-state index in [2.05, 4.69) is 68.5 Å². The van der Waals surface area contributed by atoms with Crippen molar-refractivity contribution in [2.24, 2.45) is 0 Å². The predicted molar refractivity (Wildman–Crippen MR) is 108 cm³/mol. The van der Waals surface area contributed by atoms with E-state index < -0.39 is 8.32 Å². The van der Waals surface area contributed by atoms with Gasteiger partial charge in [0.15, 0.2) is 8.32 Å². The van der Waals surface area contributed by atoms with Gasteiger partial charge < -0.3 is 18.6 Å². The van der Waals surface area contributed by atoms with Gasteiger partial charge in [-0.05, 0) is 51.6 Å². The Hall–Kier alpha value is 0.407. The Kier molecular flexibility index (Phi) is 6.16. The van der Waals surface area contributed by atoms with Crippen LogP contribution in [0.15, 0.2) is 0 Å². The highest BCUT2D eigenvalue weighted by Crippen LogP contribution is 2.45. The van der Waals surface area contributed by atoms with E-state index in [1.807, 2.05) is 0 Å². The molecule has 0 aromatic carbocycles. The molecule has 2 rings (SSSR count). The Morgan fingerprint density at radius 1 is 1.08 bits per heavy atom. The van der Waals surface area contributed by atoms with E-state index in [9.17, 15) is 0 Å². The van der Waals surface area contributed by atoms with Crippen molar-refractivity contribution in [2.75, 3.05) is 12.4 Å². The third-order valence-electron chi connectivity index (χ3n) is 6.28. The number of thioether (sulfide) groups is 1. The summed E-state index contributed by atoms with van der Waals surface area (Å²) in [5, 5.41) is 0.145. The summed E-state index contributed by atoms with van der Waals surface area (Å²) in [4.78, 5) is 0. The minimum atomic E-state index is -1.95. The van der Waals surface area contributed by atoms with Crippen molar-refractivity contribution >= 4 is 20.1 Å². The van der Waals surface area contributed by atoms with Gasteiger partial charge in [0, 0.05) is 0 Å². The van der Waals surface area contributed by atoms with Crippen molar-refractivity contribution in [1.29, 1.82) is 0 Å². The van der Waals surface area contributed by atoms with Gasteiger partial charge in [-0.2, -0.15) is 0 Å². The SMILES string of the molecule is CCS[C@H]1OC[C@H]2OC(C)(C)C(C)(C)O[C@H]2[C@@H]1O[Si](C)(C)C(C)(C)C. The minimum absolute atomic E-state index is 0.000914. The lowest BCUT2D eigenvalue weighted by molar-refractivity contribution is -0.334. The molecule has 0 amide bonds. The maximum Gasteiger partial charge on any atom is 0.192 e. The van der Waals surface area contributed by atoms with Crippen LogP contribution >= 0.6 is 11.8 Å². The highest BCUT2D eigenvalue weighted by molar-refractivity contribution is 7.99. The molecule has 2 aliphatic rings. The fourth-order valence-electron chi connectivity index (χ4n) is 2.94. The van der Waals surface area contributed by atoms with E-state index in [-0.39, 0.29) is 40.0 Å². The van der Waals surface area contributed by atoms with E-state index >= 15 is 0 Å². The molecule has 148 valence electrons. The summed E-state index contributed by atoms with van der Waals surface area (Å²) in [5.41, 5.74) is -0.729. The molecule has 25 heavy (non-hydrogen) atoms. The van der Waals surface area contributed by atoms with Crippen LogP contribution < -0.4 is 0 Å². The van der Waals surface area contributed by atoms with Crippen molar-refractivity contribution < 1.29 is 18.6 Å². The third kappa shape index (κ3) is 4.30. The van der Waals surface area contributed by atoms with Gasteiger partial charge in [0.25, 0.3) is 0 Å². The monoisotopic (exact) mass is 390 g/mol. The molecule has 2 fully saturated rings. The second-order valence-electron chi connectivity index (χ2n) is 9.76. The zero-order chi connectivity index (χ0) is 19.3. The van der Waals surface area contributed by atoms with Crippen LogP contribution in [-0.4, -0.2) is 55.6 Å². The van der Waals surface area contributed by atoms with Crippen molar-refractivity contribution in [2.45, 2.75) is 108 Å². The lowest BCUT2D eigenvalue weighted by Crippen LogP contribution is -2.69. The fourth-order valence-corrected chi connectivity index (χ4v) is 5.23. The Morgan fingerprint density at radius 2 is 1.64 bits per heavy atom. The number of rotatable bonds is 4. The standard InChI is InChI=1S/C19H38O4SSi/c1-11-24-16-15(23-25(9,10)17(2,3)4)14-13(12-20-16)21-18(5,6)19(7,8)22-14/h13-16H,11-12H2,1-10H3/t13-,14-,15+,16-/m1/s1. The zero-order valence-corrected chi connectivity index (χ0v) is 19.6. The molecular formula is C19H38O4SSi. The minimum Gasteiger partial charge on any atom is -0.408 e. The van der Waals surface area contributed by atoms with Gasteiger partial charge in [-0.1, -0.05) is 27.7 Å². The topological polar surface area (TPSA) is 36.9 Å². The van der Waals surface area contributed by atoms with Crippen LogP contribution in [0.25, 0.3) is 0 Å². The van der Waals surface area contributed by atoms with E-state index in [0.29, 0.717) is 6.61 Å². The average molecular weight is 391 g/mol. The second kappa shape index (κ2) is 7.10. The molecular weight excluding hydrogens is 352 g/mol. The number of fused-ring (bicyclic) bond motifs is 1. The lowest BCUT2D eigenvalue weighted by atomic mass is 9.85. The van der Waals surface area contributed by atoms with Gasteiger partial charge in [0.2, 0.25) is 0 Å². The summed E-state index contributed by atoms with van der Waals surface area (Å²) in [5.74, 6) is 0.995. The Labute approximate surface area is 159 Å². The molecule has 0 saturated carbocycles. The summed E-state index contributed by atoms with van der Waals surface area (Å²) in [6, 6.07) is 0. The molecule has 0 aromatic heterocycles. The second-order valence-corrected chi connectivity index (χ2v) is 15.9. The average Bonchev–Trinajstić information content (AvgIpc) is 2.42. The van der Waals surface area contributed by atoms with Crippen LogP contribution in [-0.2, 0) is 18.6 Å². The van der Waals surface area contributed by atoms with E-state index in [4.69, 9.17) is 18.6 Å². The molecule has 2 aliphatic heterocycles. The predicted octanol–water partition coefficient (Wildman–Crippen LogP) is 4.83. The molecule has 2 saturated heterocycles. The summed E-state index contributed by atoms with van der Waals surface area (Å²) in [6.07, 6.45) is -0.263. The number of ether oxygens (including phenoxy) is 3. The zero-order valence-electron chi connectivity index (χ0n) is 17.8. The summed E-state index contributed by atoms with van der Waals surface area (Å²) in [6.45, 7) is 22.6. The van der Waals surface area contributed by atoms with Crippen LogP contribution in [0.5, 0.6) is 0 Å². The van der Waals surface area contributed by atoms with Gasteiger partial charge in [0.05, 0.1) is 17.8 Å². The molecule has 0 aliphatic carbocycles. The van der Waals surface area contributed by atoms with Crippen LogP contribution in [0, 0.1) is 0 Å². The number of hydrogen-bond acceptors (Lipinski definition) is 5.